The first-order valence-corrected chi connectivity index (χ1v) is 6.56. The highest BCUT2D eigenvalue weighted by Crippen LogP contribution is 2.36. The van der Waals surface area contributed by atoms with Crippen molar-refractivity contribution in [3.63, 3.8) is 0 Å². The number of rotatable bonds is 2. The monoisotopic (exact) mass is 259 g/mol. The van der Waals surface area contributed by atoms with Crippen LogP contribution < -0.4 is 15.2 Å². The van der Waals surface area contributed by atoms with Crippen LogP contribution in [0.25, 0.3) is 0 Å². The van der Waals surface area contributed by atoms with Crippen LogP contribution in [0, 0.1) is 0 Å². The molecule has 3 rings (SSSR count). The topological polar surface area (TPSA) is 44.5 Å². The standard InChI is InChI=1S/C14H13NO2S/c15-10-1-3-11(4-2-10)18-12-5-6-13-14(9-12)17-8-7-16-13/h1-6,9H,7-8,15H2. The van der Waals surface area contributed by atoms with Crippen LogP contribution in [0.3, 0.4) is 0 Å². The van der Waals surface area contributed by atoms with Crippen LogP contribution in [0.15, 0.2) is 52.3 Å². The zero-order valence-corrected chi connectivity index (χ0v) is 10.6. The van der Waals surface area contributed by atoms with E-state index in [2.05, 4.69) is 0 Å². The molecule has 2 aromatic carbocycles. The highest BCUT2D eigenvalue weighted by molar-refractivity contribution is 7.99. The fourth-order valence-electron chi connectivity index (χ4n) is 1.76. The number of nitrogens with two attached hydrogens (primary N) is 1. The van der Waals surface area contributed by atoms with Crippen LogP contribution in [0.1, 0.15) is 0 Å². The van der Waals surface area contributed by atoms with Gasteiger partial charge in [0.1, 0.15) is 13.2 Å². The van der Waals surface area contributed by atoms with E-state index in [0.717, 1.165) is 27.0 Å². The van der Waals surface area contributed by atoms with Gasteiger partial charge in [-0.25, -0.2) is 0 Å². The van der Waals surface area contributed by atoms with Crippen LogP contribution in [0.4, 0.5) is 5.69 Å². The summed E-state index contributed by atoms with van der Waals surface area (Å²) >= 11 is 1.68. The van der Waals surface area contributed by atoms with Crippen molar-refractivity contribution >= 4 is 17.4 Å². The van der Waals surface area contributed by atoms with Crippen molar-refractivity contribution in [1.29, 1.82) is 0 Å². The molecular weight excluding hydrogens is 246 g/mol. The minimum absolute atomic E-state index is 0.614. The third kappa shape index (κ3) is 2.38. The molecule has 0 amide bonds. The summed E-state index contributed by atoms with van der Waals surface area (Å²) in [5, 5.41) is 0. The number of nitrogen functional groups attached to an aromatic ring is 1. The smallest absolute Gasteiger partial charge is 0.162 e. The maximum absolute atomic E-state index is 5.67. The van der Waals surface area contributed by atoms with Gasteiger partial charge in [-0.1, -0.05) is 11.8 Å². The van der Waals surface area contributed by atoms with Crippen LogP contribution in [0.2, 0.25) is 0 Å². The van der Waals surface area contributed by atoms with Crippen molar-refractivity contribution < 1.29 is 9.47 Å². The van der Waals surface area contributed by atoms with E-state index in [1.54, 1.807) is 11.8 Å². The van der Waals surface area contributed by atoms with Gasteiger partial charge < -0.3 is 15.2 Å². The zero-order chi connectivity index (χ0) is 12.4. The quantitative estimate of drug-likeness (QED) is 0.841. The molecule has 0 aliphatic carbocycles. The summed E-state index contributed by atoms with van der Waals surface area (Å²) < 4.78 is 11.1. The van der Waals surface area contributed by atoms with Crippen molar-refractivity contribution in [3.05, 3.63) is 42.5 Å². The molecule has 2 N–H and O–H groups in total. The Bertz CT molecular complexity index is 554. The van der Waals surface area contributed by atoms with Gasteiger partial charge in [-0.15, -0.1) is 0 Å². The number of fused-ring (bicyclic) bond motifs is 1. The van der Waals surface area contributed by atoms with Gasteiger partial charge in [-0.3, -0.25) is 0 Å². The third-order valence-electron chi connectivity index (χ3n) is 2.63. The molecule has 18 heavy (non-hydrogen) atoms. The van der Waals surface area contributed by atoms with Crippen LogP contribution in [-0.2, 0) is 0 Å². The van der Waals surface area contributed by atoms with Gasteiger partial charge >= 0.3 is 0 Å². The first kappa shape index (κ1) is 11.3. The maximum atomic E-state index is 5.67. The Balaban J connectivity index is 1.82. The first-order valence-electron chi connectivity index (χ1n) is 5.74. The Morgan fingerprint density at radius 1 is 0.833 bits per heavy atom. The average Bonchev–Trinajstić information content (AvgIpc) is 2.41. The summed E-state index contributed by atoms with van der Waals surface area (Å²) in [6, 6.07) is 13.8. The molecule has 3 nitrogen and oxygen atoms in total. The second kappa shape index (κ2) is 4.82. The summed E-state index contributed by atoms with van der Waals surface area (Å²) in [7, 11) is 0. The van der Waals surface area contributed by atoms with E-state index in [0.29, 0.717) is 13.2 Å². The molecule has 0 atom stereocenters. The summed E-state index contributed by atoms with van der Waals surface area (Å²) in [5.41, 5.74) is 6.44. The van der Waals surface area contributed by atoms with E-state index >= 15 is 0 Å². The Labute approximate surface area is 110 Å². The lowest BCUT2D eigenvalue weighted by Crippen LogP contribution is -2.15. The second-order valence-corrected chi connectivity index (χ2v) is 5.12. The van der Waals surface area contributed by atoms with Gasteiger partial charge in [0.05, 0.1) is 0 Å². The molecule has 4 heteroatoms. The first-order chi connectivity index (χ1) is 8.81. The van der Waals surface area contributed by atoms with Crippen LogP contribution >= 0.6 is 11.8 Å². The molecule has 92 valence electrons. The van der Waals surface area contributed by atoms with Crippen molar-refractivity contribution in [3.8, 4) is 11.5 Å². The zero-order valence-electron chi connectivity index (χ0n) is 9.76. The number of ether oxygens (including phenoxy) is 2. The van der Waals surface area contributed by atoms with Crippen molar-refractivity contribution in [2.45, 2.75) is 9.79 Å². The molecule has 1 aliphatic heterocycles. The van der Waals surface area contributed by atoms with E-state index in [1.807, 2.05) is 42.5 Å². The van der Waals surface area contributed by atoms with Gasteiger partial charge in [-0.2, -0.15) is 0 Å². The molecule has 1 heterocycles. The van der Waals surface area contributed by atoms with Gasteiger partial charge in [0, 0.05) is 15.5 Å². The average molecular weight is 259 g/mol. The molecule has 0 radical (unpaired) electrons. The van der Waals surface area contributed by atoms with Crippen LogP contribution in [0.5, 0.6) is 11.5 Å². The lowest BCUT2D eigenvalue weighted by atomic mass is 10.3. The molecule has 0 saturated carbocycles. The Hall–Kier alpha value is -1.81. The highest BCUT2D eigenvalue weighted by atomic mass is 32.2. The maximum Gasteiger partial charge on any atom is 0.162 e. The molecular formula is C14H13NO2S. The SMILES string of the molecule is Nc1ccc(Sc2ccc3c(c2)OCCO3)cc1. The molecule has 1 aliphatic rings. The summed E-state index contributed by atoms with van der Waals surface area (Å²) in [6.07, 6.45) is 0. The van der Waals surface area contributed by atoms with Gasteiger partial charge in [0.25, 0.3) is 0 Å². The van der Waals surface area contributed by atoms with Gasteiger partial charge in [0.15, 0.2) is 11.5 Å². The Morgan fingerprint density at radius 2 is 1.50 bits per heavy atom. The van der Waals surface area contributed by atoms with Gasteiger partial charge in [0.2, 0.25) is 0 Å². The molecule has 0 bridgehead atoms. The lowest BCUT2D eigenvalue weighted by Gasteiger charge is -2.18. The van der Waals surface area contributed by atoms with Gasteiger partial charge in [-0.05, 0) is 42.5 Å². The second-order valence-electron chi connectivity index (χ2n) is 3.98. The Morgan fingerprint density at radius 3 is 2.28 bits per heavy atom. The van der Waals surface area contributed by atoms with E-state index in [4.69, 9.17) is 15.2 Å². The fourth-order valence-corrected chi connectivity index (χ4v) is 2.61. The lowest BCUT2D eigenvalue weighted by molar-refractivity contribution is 0.171. The largest absolute Gasteiger partial charge is 0.486 e. The van der Waals surface area contributed by atoms with E-state index in [9.17, 15) is 0 Å². The highest BCUT2D eigenvalue weighted by Gasteiger charge is 2.11. The predicted molar refractivity (Wildman–Crippen MR) is 72.4 cm³/mol. The molecule has 0 aromatic heterocycles. The summed E-state index contributed by atoms with van der Waals surface area (Å²) in [4.78, 5) is 2.28. The molecule has 0 unspecified atom stereocenters. The number of benzene rings is 2. The number of hydrogen-bond acceptors (Lipinski definition) is 4. The van der Waals surface area contributed by atoms with E-state index < -0.39 is 0 Å². The van der Waals surface area contributed by atoms with Crippen LogP contribution in [-0.4, -0.2) is 13.2 Å². The number of hydrogen-bond donors (Lipinski definition) is 1. The summed E-state index contributed by atoms with van der Waals surface area (Å²) in [5.74, 6) is 1.64. The normalized spacial score (nSPS) is 13.3. The summed E-state index contributed by atoms with van der Waals surface area (Å²) in [6.45, 7) is 1.24. The van der Waals surface area contributed by atoms with E-state index in [1.165, 1.54) is 0 Å². The van der Waals surface area contributed by atoms with Crippen molar-refractivity contribution in [1.82, 2.24) is 0 Å². The molecule has 2 aromatic rings. The molecule has 0 spiro atoms. The van der Waals surface area contributed by atoms with Crippen molar-refractivity contribution in [2.24, 2.45) is 0 Å². The molecule has 0 fully saturated rings. The fraction of sp³-hybridized carbons (Fsp3) is 0.143. The minimum Gasteiger partial charge on any atom is -0.486 e. The minimum atomic E-state index is 0.614. The molecule has 0 saturated heterocycles. The number of anilines is 1. The van der Waals surface area contributed by atoms with E-state index in [-0.39, 0.29) is 0 Å². The van der Waals surface area contributed by atoms with Crippen molar-refractivity contribution in [2.75, 3.05) is 18.9 Å². The Kier molecular flexibility index (Phi) is 3.02. The predicted octanol–water partition coefficient (Wildman–Crippen LogP) is 3.19. The third-order valence-corrected chi connectivity index (χ3v) is 3.63.